The van der Waals surface area contributed by atoms with Crippen molar-refractivity contribution in [2.45, 2.75) is 13.3 Å². The topological polar surface area (TPSA) is 47.3 Å². The molecule has 1 heterocycles. The van der Waals surface area contributed by atoms with Crippen molar-refractivity contribution in [1.29, 1.82) is 0 Å². The number of nitrogens with zero attached hydrogens (tertiary/aromatic N) is 1. The Bertz CT molecular complexity index is 465. The second kappa shape index (κ2) is 4.99. The number of oxazole rings is 1. The third kappa shape index (κ3) is 2.33. The molecule has 0 aliphatic carbocycles. The molecule has 0 radical (unpaired) electrons. The van der Waals surface area contributed by atoms with Crippen LogP contribution >= 0.6 is 0 Å². The lowest BCUT2D eigenvalue weighted by Gasteiger charge is -1.96. The molecule has 2 aromatic rings. The van der Waals surface area contributed by atoms with E-state index in [2.05, 4.69) is 17.2 Å². The van der Waals surface area contributed by atoms with E-state index >= 15 is 0 Å². The number of benzene rings is 1. The maximum Gasteiger partial charge on any atom is 0.196 e. The first-order valence-electron chi connectivity index (χ1n) is 5.47. The molecular formula is C12H16N2O2. The number of hydrogen-bond acceptors (Lipinski definition) is 4. The molecular weight excluding hydrogens is 204 g/mol. The van der Waals surface area contributed by atoms with Crippen molar-refractivity contribution in [1.82, 2.24) is 10.3 Å². The van der Waals surface area contributed by atoms with Crippen LogP contribution in [0.1, 0.15) is 12.8 Å². The van der Waals surface area contributed by atoms with Gasteiger partial charge in [0, 0.05) is 19.0 Å². The van der Waals surface area contributed by atoms with Crippen LogP contribution < -0.4 is 10.1 Å². The predicted octanol–water partition coefficient (Wildman–Crippen LogP) is 1.99. The van der Waals surface area contributed by atoms with E-state index in [0.717, 1.165) is 42.3 Å². The second-order valence-corrected chi connectivity index (χ2v) is 3.54. The Morgan fingerprint density at radius 1 is 1.44 bits per heavy atom. The Balaban J connectivity index is 2.16. The van der Waals surface area contributed by atoms with Crippen LogP contribution in [0.4, 0.5) is 0 Å². The molecule has 0 aliphatic heterocycles. The third-order valence-electron chi connectivity index (χ3n) is 2.41. The first-order valence-corrected chi connectivity index (χ1v) is 5.47. The summed E-state index contributed by atoms with van der Waals surface area (Å²) in [4.78, 5) is 4.40. The fourth-order valence-corrected chi connectivity index (χ4v) is 1.56. The molecule has 0 atom stereocenters. The Hall–Kier alpha value is -1.55. The average Bonchev–Trinajstić information content (AvgIpc) is 2.70. The molecule has 2 rings (SSSR count). The van der Waals surface area contributed by atoms with E-state index in [0.29, 0.717) is 0 Å². The lowest BCUT2D eigenvalue weighted by Crippen LogP contribution is -2.16. The summed E-state index contributed by atoms with van der Waals surface area (Å²) in [6.45, 7) is 3.94. The molecule has 0 bridgehead atoms. The monoisotopic (exact) mass is 220 g/mol. The fraction of sp³-hybridized carbons (Fsp3) is 0.417. The van der Waals surface area contributed by atoms with Gasteiger partial charge in [-0.3, -0.25) is 0 Å². The normalized spacial score (nSPS) is 10.9. The minimum atomic E-state index is 0.768. The van der Waals surface area contributed by atoms with Gasteiger partial charge in [-0.25, -0.2) is 4.98 Å². The van der Waals surface area contributed by atoms with E-state index < -0.39 is 0 Å². The number of nitrogens with one attached hydrogen (secondary N) is 1. The summed E-state index contributed by atoms with van der Waals surface area (Å²) in [7, 11) is 1.64. The Morgan fingerprint density at radius 3 is 3.06 bits per heavy atom. The Labute approximate surface area is 94.6 Å². The van der Waals surface area contributed by atoms with Crippen molar-refractivity contribution in [2.75, 3.05) is 20.2 Å². The highest BCUT2D eigenvalue weighted by Crippen LogP contribution is 2.21. The van der Waals surface area contributed by atoms with Crippen molar-refractivity contribution in [3.63, 3.8) is 0 Å². The van der Waals surface area contributed by atoms with Gasteiger partial charge in [0.05, 0.1) is 7.11 Å². The van der Waals surface area contributed by atoms with Crippen LogP contribution in [0.25, 0.3) is 11.1 Å². The van der Waals surface area contributed by atoms with Crippen molar-refractivity contribution in [3.05, 3.63) is 24.1 Å². The lowest BCUT2D eigenvalue weighted by atomic mass is 10.3. The largest absolute Gasteiger partial charge is 0.497 e. The van der Waals surface area contributed by atoms with Gasteiger partial charge in [-0.15, -0.1) is 0 Å². The van der Waals surface area contributed by atoms with Gasteiger partial charge in [0.15, 0.2) is 11.5 Å². The van der Waals surface area contributed by atoms with Gasteiger partial charge in [0.25, 0.3) is 0 Å². The van der Waals surface area contributed by atoms with E-state index in [9.17, 15) is 0 Å². The van der Waals surface area contributed by atoms with Crippen LogP contribution in [-0.4, -0.2) is 25.2 Å². The molecule has 4 nitrogen and oxygen atoms in total. The number of rotatable bonds is 5. The lowest BCUT2D eigenvalue weighted by molar-refractivity contribution is 0.414. The van der Waals surface area contributed by atoms with E-state index in [-0.39, 0.29) is 0 Å². The quantitative estimate of drug-likeness (QED) is 0.783. The Kier molecular flexibility index (Phi) is 3.41. The van der Waals surface area contributed by atoms with Crippen molar-refractivity contribution in [3.8, 4) is 5.75 Å². The molecule has 0 saturated heterocycles. The highest BCUT2D eigenvalue weighted by Gasteiger charge is 2.06. The number of methoxy groups -OCH3 is 1. The molecule has 0 unspecified atom stereocenters. The first-order chi connectivity index (χ1) is 7.83. The van der Waals surface area contributed by atoms with Crippen LogP contribution in [0.2, 0.25) is 0 Å². The van der Waals surface area contributed by atoms with Crippen molar-refractivity contribution >= 4 is 11.1 Å². The summed E-state index contributed by atoms with van der Waals surface area (Å²) < 4.78 is 10.8. The highest BCUT2D eigenvalue weighted by molar-refractivity contribution is 5.74. The fourth-order valence-electron chi connectivity index (χ4n) is 1.56. The van der Waals surface area contributed by atoms with E-state index in [1.807, 2.05) is 18.2 Å². The van der Waals surface area contributed by atoms with Gasteiger partial charge in [-0.2, -0.15) is 0 Å². The van der Waals surface area contributed by atoms with Crippen LogP contribution in [0.5, 0.6) is 5.75 Å². The van der Waals surface area contributed by atoms with Crippen molar-refractivity contribution in [2.24, 2.45) is 0 Å². The number of fused-ring (bicyclic) bond motifs is 1. The number of aromatic nitrogens is 1. The van der Waals surface area contributed by atoms with Gasteiger partial charge >= 0.3 is 0 Å². The number of ether oxygens (including phenoxy) is 1. The summed E-state index contributed by atoms with van der Waals surface area (Å²) in [5.41, 5.74) is 1.66. The molecule has 1 N–H and O–H groups in total. The van der Waals surface area contributed by atoms with Gasteiger partial charge in [0.2, 0.25) is 0 Å². The van der Waals surface area contributed by atoms with E-state index in [1.165, 1.54) is 0 Å². The molecule has 4 heteroatoms. The summed E-state index contributed by atoms with van der Waals surface area (Å²) in [6.07, 6.45) is 0.810. The molecule has 0 amide bonds. The molecule has 0 saturated carbocycles. The first kappa shape index (κ1) is 11.0. The van der Waals surface area contributed by atoms with Gasteiger partial charge in [0.1, 0.15) is 11.3 Å². The SMILES string of the molecule is CCNCCc1nc2ccc(OC)cc2o1. The van der Waals surface area contributed by atoms with Gasteiger partial charge < -0.3 is 14.5 Å². The van der Waals surface area contributed by atoms with Crippen LogP contribution in [0, 0.1) is 0 Å². The molecule has 0 spiro atoms. The van der Waals surface area contributed by atoms with E-state index in [4.69, 9.17) is 9.15 Å². The summed E-state index contributed by atoms with van der Waals surface area (Å²) in [5.74, 6) is 1.56. The second-order valence-electron chi connectivity index (χ2n) is 3.54. The predicted molar refractivity (Wildman–Crippen MR) is 62.8 cm³/mol. The summed E-state index contributed by atoms with van der Waals surface area (Å²) in [6, 6.07) is 5.66. The molecule has 0 aliphatic rings. The van der Waals surface area contributed by atoms with Gasteiger partial charge in [-0.05, 0) is 18.7 Å². The number of likely N-dealkylation sites (N-methyl/N-ethyl adjacent to an activating group) is 1. The maximum absolute atomic E-state index is 5.63. The smallest absolute Gasteiger partial charge is 0.196 e. The Morgan fingerprint density at radius 2 is 2.31 bits per heavy atom. The third-order valence-corrected chi connectivity index (χ3v) is 2.41. The molecule has 0 fully saturated rings. The molecule has 1 aromatic carbocycles. The van der Waals surface area contributed by atoms with Crippen LogP contribution in [0.15, 0.2) is 22.6 Å². The van der Waals surface area contributed by atoms with Crippen LogP contribution in [-0.2, 0) is 6.42 Å². The average molecular weight is 220 g/mol. The highest BCUT2D eigenvalue weighted by atomic mass is 16.5. The standard InChI is InChI=1S/C12H16N2O2/c1-3-13-7-6-12-14-10-5-4-9(15-2)8-11(10)16-12/h4-5,8,13H,3,6-7H2,1-2H3. The van der Waals surface area contributed by atoms with Crippen molar-refractivity contribution < 1.29 is 9.15 Å². The zero-order valence-electron chi connectivity index (χ0n) is 9.62. The number of hydrogen-bond donors (Lipinski definition) is 1. The maximum atomic E-state index is 5.63. The van der Waals surface area contributed by atoms with E-state index in [1.54, 1.807) is 7.11 Å². The summed E-state index contributed by atoms with van der Waals surface area (Å²) in [5, 5.41) is 3.24. The zero-order chi connectivity index (χ0) is 11.4. The minimum Gasteiger partial charge on any atom is -0.497 e. The summed E-state index contributed by atoms with van der Waals surface area (Å²) >= 11 is 0. The molecule has 1 aromatic heterocycles. The minimum absolute atomic E-state index is 0.768. The molecule has 16 heavy (non-hydrogen) atoms. The van der Waals surface area contributed by atoms with Crippen LogP contribution in [0.3, 0.4) is 0 Å². The van der Waals surface area contributed by atoms with Gasteiger partial charge in [-0.1, -0.05) is 6.92 Å². The zero-order valence-corrected chi connectivity index (χ0v) is 9.62. The molecule has 86 valence electrons.